The highest BCUT2D eigenvalue weighted by Crippen LogP contribution is 2.65. The summed E-state index contributed by atoms with van der Waals surface area (Å²) in [6, 6.07) is 5.57. The fourth-order valence-electron chi connectivity index (χ4n) is 4.28. The molecule has 3 aliphatic rings. The van der Waals surface area contributed by atoms with Crippen LogP contribution in [-0.2, 0) is 0 Å². The van der Waals surface area contributed by atoms with Gasteiger partial charge in [-0.2, -0.15) is 0 Å². The van der Waals surface area contributed by atoms with Gasteiger partial charge in [0.25, 0.3) is 5.91 Å². The molecule has 4 unspecified atom stereocenters. The highest BCUT2D eigenvalue weighted by Gasteiger charge is 2.65. The number of nitrogens with one attached hydrogen (secondary N) is 1. The van der Waals surface area contributed by atoms with Gasteiger partial charge < -0.3 is 5.32 Å². The van der Waals surface area contributed by atoms with Crippen molar-refractivity contribution >= 4 is 17.5 Å². The first-order chi connectivity index (χ1) is 8.74. The molecule has 0 saturated heterocycles. The smallest absolute Gasteiger partial charge is 0.270 e. The Morgan fingerprint density at radius 2 is 2.00 bits per heavy atom. The third-order valence-electron chi connectivity index (χ3n) is 4.98. The Kier molecular flexibility index (Phi) is 2.22. The van der Waals surface area contributed by atoms with Crippen LogP contribution in [0.4, 0.5) is 0 Å². The van der Waals surface area contributed by atoms with Crippen LogP contribution in [0.25, 0.3) is 0 Å². The maximum absolute atomic E-state index is 12.1. The molecule has 4 atom stereocenters. The van der Waals surface area contributed by atoms with Crippen molar-refractivity contribution in [1.82, 2.24) is 10.3 Å². The summed E-state index contributed by atoms with van der Waals surface area (Å²) in [5.74, 6) is 3.19. The molecule has 0 aliphatic heterocycles. The summed E-state index contributed by atoms with van der Waals surface area (Å²) in [6.45, 7) is 0. The topological polar surface area (TPSA) is 42.0 Å². The Hall–Kier alpha value is -1.09. The summed E-state index contributed by atoms with van der Waals surface area (Å²) >= 11 is 5.80. The Morgan fingerprint density at radius 3 is 2.67 bits per heavy atom. The van der Waals surface area contributed by atoms with Crippen molar-refractivity contribution in [3.8, 4) is 0 Å². The maximum Gasteiger partial charge on any atom is 0.270 e. The first-order valence-corrected chi connectivity index (χ1v) is 7.05. The van der Waals surface area contributed by atoms with Crippen LogP contribution < -0.4 is 5.32 Å². The zero-order valence-corrected chi connectivity index (χ0v) is 10.7. The van der Waals surface area contributed by atoms with Crippen LogP contribution in [0.1, 0.15) is 29.8 Å². The molecule has 1 aromatic heterocycles. The number of fused-ring (bicyclic) bond motifs is 5. The number of carbonyl (C=O) groups is 1. The molecule has 0 spiro atoms. The van der Waals surface area contributed by atoms with Crippen LogP contribution in [0.2, 0.25) is 5.15 Å². The van der Waals surface area contributed by atoms with E-state index in [0.29, 0.717) is 16.9 Å². The second kappa shape index (κ2) is 3.70. The van der Waals surface area contributed by atoms with Gasteiger partial charge >= 0.3 is 0 Å². The van der Waals surface area contributed by atoms with Crippen molar-refractivity contribution in [2.45, 2.75) is 25.3 Å². The molecule has 3 aliphatic carbocycles. The van der Waals surface area contributed by atoms with Crippen molar-refractivity contribution < 1.29 is 4.79 Å². The number of carbonyl (C=O) groups excluding carboxylic acids is 1. The number of halogens is 1. The molecule has 3 saturated carbocycles. The lowest BCUT2D eigenvalue weighted by Gasteiger charge is -2.10. The van der Waals surface area contributed by atoms with Crippen molar-refractivity contribution in [3.05, 3.63) is 29.0 Å². The molecule has 4 rings (SSSR count). The molecule has 18 heavy (non-hydrogen) atoms. The normalized spacial score (nSPS) is 39.5. The van der Waals surface area contributed by atoms with E-state index in [2.05, 4.69) is 10.3 Å². The van der Waals surface area contributed by atoms with Gasteiger partial charge in [-0.15, -0.1) is 0 Å². The van der Waals surface area contributed by atoms with Crippen molar-refractivity contribution in [3.63, 3.8) is 0 Å². The van der Waals surface area contributed by atoms with Gasteiger partial charge in [0.2, 0.25) is 0 Å². The number of pyridine rings is 1. The highest BCUT2D eigenvalue weighted by molar-refractivity contribution is 6.29. The second-order valence-corrected chi connectivity index (χ2v) is 6.22. The zero-order chi connectivity index (χ0) is 12.3. The minimum absolute atomic E-state index is 0.0729. The minimum Gasteiger partial charge on any atom is -0.347 e. The minimum atomic E-state index is -0.0729. The van der Waals surface area contributed by atoms with Gasteiger partial charge in [0.05, 0.1) is 0 Å². The summed E-state index contributed by atoms with van der Waals surface area (Å²) in [6.07, 6.45) is 4.14. The zero-order valence-electron chi connectivity index (χ0n) is 9.97. The number of aromatic nitrogens is 1. The van der Waals surface area contributed by atoms with E-state index in [1.54, 1.807) is 18.2 Å². The van der Waals surface area contributed by atoms with Gasteiger partial charge in [0.15, 0.2) is 0 Å². The summed E-state index contributed by atoms with van der Waals surface area (Å²) in [5, 5.41) is 3.51. The quantitative estimate of drug-likeness (QED) is 0.832. The molecule has 3 fully saturated rings. The summed E-state index contributed by atoms with van der Waals surface area (Å²) < 4.78 is 0. The van der Waals surface area contributed by atoms with E-state index in [9.17, 15) is 4.79 Å². The number of rotatable bonds is 2. The average molecular weight is 263 g/mol. The second-order valence-electron chi connectivity index (χ2n) is 5.83. The van der Waals surface area contributed by atoms with Crippen molar-refractivity contribution in [2.75, 3.05) is 0 Å². The number of hydrogen-bond donors (Lipinski definition) is 1. The van der Waals surface area contributed by atoms with Crippen LogP contribution in [-0.4, -0.2) is 16.9 Å². The van der Waals surface area contributed by atoms with Crippen LogP contribution in [0.5, 0.6) is 0 Å². The highest BCUT2D eigenvalue weighted by atomic mass is 35.5. The fourth-order valence-corrected chi connectivity index (χ4v) is 4.44. The van der Waals surface area contributed by atoms with Crippen LogP contribution in [0.3, 0.4) is 0 Å². The molecule has 3 nitrogen and oxygen atoms in total. The third kappa shape index (κ3) is 1.50. The van der Waals surface area contributed by atoms with Gasteiger partial charge in [-0.3, -0.25) is 4.79 Å². The van der Waals surface area contributed by atoms with Gasteiger partial charge in [-0.05, 0) is 55.1 Å². The third-order valence-corrected chi connectivity index (χ3v) is 5.19. The van der Waals surface area contributed by atoms with Gasteiger partial charge in [0.1, 0.15) is 10.8 Å². The van der Waals surface area contributed by atoms with Gasteiger partial charge in [-0.25, -0.2) is 4.98 Å². The SMILES string of the molecule is O=C(NC1C2C3CCC(C3)C12)c1cccc(Cl)n1. The molecule has 2 bridgehead atoms. The Morgan fingerprint density at radius 1 is 1.28 bits per heavy atom. The monoisotopic (exact) mass is 262 g/mol. The molecular formula is C14H15ClN2O. The van der Waals surface area contributed by atoms with Crippen molar-refractivity contribution in [2.24, 2.45) is 23.7 Å². The fraction of sp³-hybridized carbons (Fsp3) is 0.571. The first kappa shape index (κ1) is 10.8. The predicted octanol–water partition coefficient (Wildman–Crippen LogP) is 2.51. The van der Waals surface area contributed by atoms with E-state index in [4.69, 9.17) is 11.6 Å². The molecule has 4 heteroatoms. The Bertz CT molecular complexity index is 502. The number of amides is 1. The van der Waals surface area contributed by atoms with Crippen LogP contribution in [0, 0.1) is 23.7 Å². The molecular weight excluding hydrogens is 248 g/mol. The molecule has 1 amide bonds. The molecule has 0 radical (unpaired) electrons. The lowest BCUT2D eigenvalue weighted by Crippen LogP contribution is -2.30. The predicted molar refractivity (Wildman–Crippen MR) is 68.3 cm³/mol. The van der Waals surface area contributed by atoms with Crippen LogP contribution in [0.15, 0.2) is 18.2 Å². The van der Waals surface area contributed by atoms with Gasteiger partial charge in [-0.1, -0.05) is 17.7 Å². The van der Waals surface area contributed by atoms with E-state index in [1.165, 1.54) is 19.3 Å². The summed E-state index contributed by atoms with van der Waals surface area (Å²) in [5.41, 5.74) is 0.430. The van der Waals surface area contributed by atoms with Gasteiger partial charge in [0, 0.05) is 6.04 Å². The molecule has 0 aromatic carbocycles. The lowest BCUT2D eigenvalue weighted by molar-refractivity contribution is 0.0939. The molecule has 1 N–H and O–H groups in total. The summed E-state index contributed by atoms with van der Waals surface area (Å²) in [4.78, 5) is 16.1. The lowest BCUT2D eigenvalue weighted by atomic mass is 10.0. The van der Waals surface area contributed by atoms with Crippen LogP contribution >= 0.6 is 11.6 Å². The standard InChI is InChI=1S/C14H15ClN2O/c15-10-3-1-2-9(16-10)14(18)17-13-11-7-4-5-8(6-7)12(11)13/h1-3,7-8,11-13H,4-6H2,(H,17,18). The Labute approximate surface area is 111 Å². The van der Waals surface area contributed by atoms with E-state index in [0.717, 1.165) is 23.7 Å². The van der Waals surface area contributed by atoms with E-state index < -0.39 is 0 Å². The molecule has 1 heterocycles. The van der Waals surface area contributed by atoms with E-state index in [-0.39, 0.29) is 5.91 Å². The van der Waals surface area contributed by atoms with Crippen molar-refractivity contribution in [1.29, 1.82) is 0 Å². The molecule has 1 aromatic rings. The average Bonchev–Trinajstić information content (AvgIpc) is 2.77. The Balaban J connectivity index is 1.46. The van der Waals surface area contributed by atoms with E-state index >= 15 is 0 Å². The van der Waals surface area contributed by atoms with E-state index in [1.807, 2.05) is 0 Å². The number of nitrogens with zero attached hydrogens (tertiary/aromatic N) is 1. The largest absolute Gasteiger partial charge is 0.347 e. The number of hydrogen-bond acceptors (Lipinski definition) is 2. The maximum atomic E-state index is 12.1. The summed E-state index contributed by atoms with van der Waals surface area (Å²) in [7, 11) is 0. The first-order valence-electron chi connectivity index (χ1n) is 6.67. The molecule has 94 valence electrons.